The van der Waals surface area contributed by atoms with E-state index >= 15 is 0 Å². The van der Waals surface area contributed by atoms with E-state index in [1.54, 1.807) is 54.6 Å². The molecule has 1 fully saturated rings. The number of benzene rings is 3. The van der Waals surface area contributed by atoms with Gasteiger partial charge in [0.05, 0.1) is 49.8 Å². The third-order valence-electron chi connectivity index (χ3n) is 6.40. The van der Waals surface area contributed by atoms with Gasteiger partial charge in [-0.1, -0.05) is 17.4 Å². The minimum Gasteiger partial charge on any atom is -0.507 e. The molecule has 10 heteroatoms. The number of aliphatic hydroxyl groups excluding tert-OH is 1. The van der Waals surface area contributed by atoms with Crippen LogP contribution in [0.25, 0.3) is 16.0 Å². The van der Waals surface area contributed by atoms with Crippen molar-refractivity contribution in [1.29, 1.82) is 0 Å². The second kappa shape index (κ2) is 10.7. The standard InChI is InChI=1S/C29H26N2O7S/c1-5-38-19-11-12-20-23(15-19)39-29(30-20)31-25(17-8-13-21(36-3)22(14-17)37-4)24(27(33)28(31)34)26(32)16-6-9-18(35-2)10-7-16/h6-15,25,32H,5H2,1-4H3/b26-24+/t25-/m1/s1. The molecule has 1 aliphatic heterocycles. The topological polar surface area (TPSA) is 107 Å². The number of carbonyl (C=O) groups is 2. The number of rotatable bonds is 8. The van der Waals surface area contributed by atoms with E-state index < -0.39 is 17.7 Å². The Kier molecular flexibility index (Phi) is 7.12. The lowest BCUT2D eigenvalue weighted by Gasteiger charge is -2.23. The van der Waals surface area contributed by atoms with Gasteiger partial charge in [0.2, 0.25) is 0 Å². The molecule has 0 saturated carbocycles. The zero-order chi connectivity index (χ0) is 27.7. The van der Waals surface area contributed by atoms with Crippen molar-refractivity contribution in [2.45, 2.75) is 13.0 Å². The average Bonchev–Trinajstić information content (AvgIpc) is 3.50. The summed E-state index contributed by atoms with van der Waals surface area (Å²) in [4.78, 5) is 33.1. The van der Waals surface area contributed by atoms with Crippen LogP contribution in [0.3, 0.4) is 0 Å². The number of carbonyl (C=O) groups excluding carboxylic acids is 2. The number of thiazole rings is 1. The van der Waals surface area contributed by atoms with E-state index in [0.717, 1.165) is 4.70 Å². The fourth-order valence-electron chi connectivity index (χ4n) is 4.52. The number of aliphatic hydroxyl groups is 1. The fourth-order valence-corrected chi connectivity index (χ4v) is 5.55. The molecule has 39 heavy (non-hydrogen) atoms. The molecule has 0 spiro atoms. The molecule has 5 rings (SSSR count). The van der Waals surface area contributed by atoms with Gasteiger partial charge < -0.3 is 24.1 Å². The lowest BCUT2D eigenvalue weighted by Crippen LogP contribution is -2.29. The molecule has 0 radical (unpaired) electrons. The molecule has 9 nitrogen and oxygen atoms in total. The highest BCUT2D eigenvalue weighted by Crippen LogP contribution is 2.46. The molecule has 1 amide bonds. The second-order valence-electron chi connectivity index (χ2n) is 8.57. The van der Waals surface area contributed by atoms with Crippen LogP contribution >= 0.6 is 11.3 Å². The van der Waals surface area contributed by atoms with Crippen LogP contribution in [0.15, 0.2) is 66.2 Å². The summed E-state index contributed by atoms with van der Waals surface area (Å²) in [5.41, 5.74) is 1.49. The summed E-state index contributed by atoms with van der Waals surface area (Å²) in [6, 6.07) is 16.2. The number of aromatic nitrogens is 1. The van der Waals surface area contributed by atoms with Gasteiger partial charge in [0.1, 0.15) is 17.3 Å². The first-order valence-corrected chi connectivity index (χ1v) is 12.9. The molecule has 2 heterocycles. The lowest BCUT2D eigenvalue weighted by atomic mass is 9.95. The highest BCUT2D eigenvalue weighted by Gasteiger charge is 2.48. The van der Waals surface area contributed by atoms with Gasteiger partial charge in [0, 0.05) is 5.56 Å². The number of nitrogens with zero attached hydrogens (tertiary/aromatic N) is 2. The van der Waals surface area contributed by atoms with E-state index in [1.165, 1.54) is 37.6 Å². The first kappa shape index (κ1) is 26.1. The second-order valence-corrected chi connectivity index (χ2v) is 9.58. The number of Topliss-reactive ketones (excluding diaryl/α,β-unsaturated/α-hetero) is 1. The Morgan fingerprint density at radius 1 is 0.923 bits per heavy atom. The molecular formula is C29H26N2O7S. The van der Waals surface area contributed by atoms with Crippen molar-refractivity contribution in [2.24, 2.45) is 0 Å². The van der Waals surface area contributed by atoms with Crippen LogP contribution in [0.2, 0.25) is 0 Å². The lowest BCUT2D eigenvalue weighted by molar-refractivity contribution is -0.132. The largest absolute Gasteiger partial charge is 0.507 e. The molecular weight excluding hydrogens is 520 g/mol. The van der Waals surface area contributed by atoms with Crippen LogP contribution in [0.5, 0.6) is 23.0 Å². The van der Waals surface area contributed by atoms with Crippen LogP contribution < -0.4 is 23.8 Å². The molecule has 1 N–H and O–H groups in total. The molecule has 200 valence electrons. The molecule has 3 aromatic carbocycles. The summed E-state index contributed by atoms with van der Waals surface area (Å²) in [6.45, 7) is 2.41. The third-order valence-corrected chi connectivity index (χ3v) is 7.41. The van der Waals surface area contributed by atoms with Crippen molar-refractivity contribution in [3.8, 4) is 23.0 Å². The Hall–Kier alpha value is -4.57. The summed E-state index contributed by atoms with van der Waals surface area (Å²) < 4.78 is 22.5. The zero-order valence-corrected chi connectivity index (χ0v) is 22.6. The SMILES string of the molecule is CCOc1ccc2nc(N3C(=O)C(=O)/C(=C(/O)c4ccc(OC)cc4)[C@H]3c3ccc(OC)c(OC)c3)sc2c1. The molecule has 0 aliphatic carbocycles. The van der Waals surface area contributed by atoms with Gasteiger partial charge in [-0.2, -0.15) is 0 Å². The predicted octanol–water partition coefficient (Wildman–Crippen LogP) is 5.35. The number of fused-ring (bicyclic) bond motifs is 1. The quantitative estimate of drug-likeness (QED) is 0.179. The summed E-state index contributed by atoms with van der Waals surface area (Å²) in [5, 5.41) is 11.7. The number of amides is 1. The molecule has 1 saturated heterocycles. The Labute approximate surface area is 228 Å². The predicted molar refractivity (Wildman–Crippen MR) is 148 cm³/mol. The average molecular weight is 547 g/mol. The number of ketones is 1. The van der Waals surface area contributed by atoms with Crippen LogP contribution in [0.4, 0.5) is 5.13 Å². The van der Waals surface area contributed by atoms with Gasteiger partial charge in [-0.3, -0.25) is 14.5 Å². The zero-order valence-electron chi connectivity index (χ0n) is 21.8. The molecule has 0 bridgehead atoms. The highest BCUT2D eigenvalue weighted by atomic mass is 32.1. The highest BCUT2D eigenvalue weighted by molar-refractivity contribution is 7.22. The van der Waals surface area contributed by atoms with Crippen molar-refractivity contribution in [2.75, 3.05) is 32.8 Å². The summed E-state index contributed by atoms with van der Waals surface area (Å²) in [5.74, 6) is 0.236. The van der Waals surface area contributed by atoms with E-state index in [4.69, 9.17) is 18.9 Å². The maximum Gasteiger partial charge on any atom is 0.301 e. The first-order valence-electron chi connectivity index (χ1n) is 12.1. The van der Waals surface area contributed by atoms with Gasteiger partial charge in [-0.05, 0) is 67.1 Å². The summed E-state index contributed by atoms with van der Waals surface area (Å²) in [6.07, 6.45) is 0. The van der Waals surface area contributed by atoms with Crippen molar-refractivity contribution in [3.63, 3.8) is 0 Å². The summed E-state index contributed by atoms with van der Waals surface area (Å²) >= 11 is 1.26. The van der Waals surface area contributed by atoms with E-state index in [2.05, 4.69) is 4.98 Å². The smallest absolute Gasteiger partial charge is 0.301 e. The Morgan fingerprint density at radius 3 is 2.31 bits per heavy atom. The Morgan fingerprint density at radius 2 is 1.64 bits per heavy atom. The Bertz CT molecular complexity index is 1590. The van der Waals surface area contributed by atoms with Gasteiger partial charge in [0.25, 0.3) is 5.78 Å². The van der Waals surface area contributed by atoms with Gasteiger partial charge in [-0.15, -0.1) is 0 Å². The Balaban J connectivity index is 1.70. The van der Waals surface area contributed by atoms with Crippen LogP contribution in [-0.4, -0.2) is 49.7 Å². The van der Waals surface area contributed by atoms with Crippen LogP contribution in [0.1, 0.15) is 24.1 Å². The van der Waals surface area contributed by atoms with Crippen molar-refractivity contribution >= 4 is 44.1 Å². The normalized spacial score (nSPS) is 16.5. The number of ether oxygens (including phenoxy) is 4. The molecule has 1 atom stereocenters. The third kappa shape index (κ3) is 4.63. The number of hydrogen-bond donors (Lipinski definition) is 1. The number of hydrogen-bond acceptors (Lipinski definition) is 9. The van der Waals surface area contributed by atoms with Gasteiger partial charge in [0.15, 0.2) is 16.6 Å². The van der Waals surface area contributed by atoms with E-state index in [-0.39, 0.29) is 11.3 Å². The maximum absolute atomic E-state index is 13.6. The molecule has 4 aromatic rings. The van der Waals surface area contributed by atoms with E-state index in [9.17, 15) is 14.7 Å². The molecule has 1 aliphatic rings. The van der Waals surface area contributed by atoms with Crippen LogP contribution in [0, 0.1) is 0 Å². The minimum atomic E-state index is -0.973. The first-order chi connectivity index (χ1) is 18.9. The van der Waals surface area contributed by atoms with E-state index in [1.807, 2.05) is 13.0 Å². The minimum absolute atomic E-state index is 0.0633. The molecule has 0 unspecified atom stereocenters. The van der Waals surface area contributed by atoms with Crippen LogP contribution in [-0.2, 0) is 9.59 Å². The molecule has 1 aromatic heterocycles. The van der Waals surface area contributed by atoms with Crippen molar-refractivity contribution < 1.29 is 33.6 Å². The fraction of sp³-hybridized carbons (Fsp3) is 0.207. The maximum atomic E-state index is 13.6. The monoisotopic (exact) mass is 546 g/mol. The number of methoxy groups -OCH3 is 3. The summed E-state index contributed by atoms with van der Waals surface area (Å²) in [7, 11) is 4.55. The van der Waals surface area contributed by atoms with Gasteiger partial charge >= 0.3 is 5.91 Å². The van der Waals surface area contributed by atoms with Gasteiger partial charge in [-0.25, -0.2) is 4.98 Å². The van der Waals surface area contributed by atoms with Crippen molar-refractivity contribution in [3.05, 3.63) is 77.4 Å². The van der Waals surface area contributed by atoms with Crippen molar-refractivity contribution in [1.82, 2.24) is 4.98 Å². The van der Waals surface area contributed by atoms with E-state index in [0.29, 0.717) is 51.4 Å². The number of anilines is 1.